The van der Waals surface area contributed by atoms with Crippen molar-refractivity contribution >= 4 is 0 Å². The standard InChI is InChI=1S/C5H6F6/c1-4(2-6,3(7)8)5(9,10)11/h3H,2H2,1H3. The smallest absolute Gasteiger partial charge is 0.250 e. The van der Waals surface area contributed by atoms with Crippen LogP contribution in [0.4, 0.5) is 26.3 Å². The summed E-state index contributed by atoms with van der Waals surface area (Å²) in [6.45, 7) is -1.95. The molecule has 0 saturated carbocycles. The zero-order valence-electron chi connectivity index (χ0n) is 5.55. The summed E-state index contributed by atoms with van der Waals surface area (Å²) in [5.74, 6) is 0. The van der Waals surface area contributed by atoms with Gasteiger partial charge in [0.15, 0.2) is 5.41 Å². The molecule has 0 aliphatic heterocycles. The van der Waals surface area contributed by atoms with E-state index in [9.17, 15) is 26.3 Å². The molecular weight excluding hydrogens is 174 g/mol. The van der Waals surface area contributed by atoms with E-state index in [1.54, 1.807) is 0 Å². The fourth-order valence-electron chi connectivity index (χ4n) is 0.258. The first-order valence-corrected chi connectivity index (χ1v) is 2.66. The van der Waals surface area contributed by atoms with Gasteiger partial charge in [0.2, 0.25) is 0 Å². The molecule has 0 aromatic carbocycles. The summed E-state index contributed by atoms with van der Waals surface area (Å²) >= 11 is 0. The summed E-state index contributed by atoms with van der Waals surface area (Å²) in [7, 11) is 0. The highest BCUT2D eigenvalue weighted by molar-refractivity contribution is 4.83. The van der Waals surface area contributed by atoms with Crippen molar-refractivity contribution in [3.63, 3.8) is 0 Å². The van der Waals surface area contributed by atoms with Gasteiger partial charge in [-0.1, -0.05) is 0 Å². The molecule has 0 rings (SSSR count). The average Bonchev–Trinajstić information content (AvgIpc) is 1.83. The molecule has 0 amide bonds. The highest BCUT2D eigenvalue weighted by Crippen LogP contribution is 2.42. The molecule has 0 aromatic rings. The lowest BCUT2D eigenvalue weighted by Gasteiger charge is -2.27. The maximum atomic E-state index is 11.6. The van der Waals surface area contributed by atoms with E-state index in [0.29, 0.717) is 0 Å². The molecule has 0 heterocycles. The molecule has 0 bridgehead atoms. The van der Waals surface area contributed by atoms with Gasteiger partial charge >= 0.3 is 6.18 Å². The van der Waals surface area contributed by atoms with E-state index in [-0.39, 0.29) is 6.92 Å². The van der Waals surface area contributed by atoms with Crippen LogP contribution in [0.3, 0.4) is 0 Å². The quantitative estimate of drug-likeness (QED) is 0.573. The number of hydrogen-bond donors (Lipinski definition) is 0. The van der Waals surface area contributed by atoms with Gasteiger partial charge in [-0.05, 0) is 6.92 Å². The molecule has 0 fully saturated rings. The van der Waals surface area contributed by atoms with E-state index in [4.69, 9.17) is 0 Å². The van der Waals surface area contributed by atoms with Crippen LogP contribution in [0.25, 0.3) is 0 Å². The molecule has 1 unspecified atom stereocenters. The van der Waals surface area contributed by atoms with Crippen LogP contribution in [0, 0.1) is 5.41 Å². The van der Waals surface area contributed by atoms with Gasteiger partial charge in [-0.2, -0.15) is 13.2 Å². The van der Waals surface area contributed by atoms with E-state index < -0.39 is 24.7 Å². The van der Waals surface area contributed by atoms with Crippen molar-refractivity contribution in [2.45, 2.75) is 19.5 Å². The van der Waals surface area contributed by atoms with E-state index in [1.807, 2.05) is 0 Å². The second kappa shape index (κ2) is 2.91. The molecule has 1 atom stereocenters. The maximum absolute atomic E-state index is 11.6. The summed E-state index contributed by atoms with van der Waals surface area (Å²) < 4.78 is 69.7. The largest absolute Gasteiger partial charge is 0.402 e. The molecule has 68 valence electrons. The Kier molecular flexibility index (Phi) is 2.79. The third-order valence-corrected chi connectivity index (χ3v) is 1.41. The van der Waals surface area contributed by atoms with Crippen molar-refractivity contribution in [1.29, 1.82) is 0 Å². The van der Waals surface area contributed by atoms with Crippen molar-refractivity contribution < 1.29 is 26.3 Å². The Hall–Kier alpha value is -0.420. The number of halogens is 6. The first-order chi connectivity index (χ1) is 4.75. The molecule has 0 aromatic heterocycles. The van der Waals surface area contributed by atoms with Crippen LogP contribution in [-0.4, -0.2) is 19.3 Å². The SMILES string of the molecule is CC(CF)(C(F)F)C(F)(F)F. The first kappa shape index (κ1) is 10.6. The van der Waals surface area contributed by atoms with Crippen molar-refractivity contribution in [2.24, 2.45) is 5.41 Å². The van der Waals surface area contributed by atoms with Gasteiger partial charge in [0, 0.05) is 0 Å². The molecule has 11 heavy (non-hydrogen) atoms. The summed E-state index contributed by atoms with van der Waals surface area (Å²) in [5, 5.41) is 0. The predicted molar refractivity (Wildman–Crippen MR) is 26.1 cm³/mol. The lowest BCUT2D eigenvalue weighted by atomic mass is 9.92. The molecule has 0 aliphatic rings. The molecule has 6 heteroatoms. The van der Waals surface area contributed by atoms with Gasteiger partial charge in [-0.3, -0.25) is 0 Å². The van der Waals surface area contributed by atoms with E-state index >= 15 is 0 Å². The van der Waals surface area contributed by atoms with Gasteiger partial charge in [0.1, 0.15) is 6.67 Å². The molecule has 0 N–H and O–H groups in total. The van der Waals surface area contributed by atoms with Crippen LogP contribution in [0.2, 0.25) is 0 Å². The zero-order chi connectivity index (χ0) is 9.28. The molecule has 0 nitrogen and oxygen atoms in total. The minimum Gasteiger partial charge on any atom is -0.250 e. The third-order valence-electron chi connectivity index (χ3n) is 1.41. The lowest BCUT2D eigenvalue weighted by molar-refractivity contribution is -0.260. The highest BCUT2D eigenvalue weighted by Gasteiger charge is 2.57. The Bertz CT molecular complexity index is 127. The van der Waals surface area contributed by atoms with Crippen LogP contribution in [0.5, 0.6) is 0 Å². The van der Waals surface area contributed by atoms with Crippen molar-refractivity contribution in [3.05, 3.63) is 0 Å². The highest BCUT2D eigenvalue weighted by atomic mass is 19.4. The predicted octanol–water partition coefficient (Wildman–Crippen LogP) is 2.79. The zero-order valence-corrected chi connectivity index (χ0v) is 5.55. The summed E-state index contributed by atoms with van der Waals surface area (Å²) in [5.41, 5.74) is -3.52. The first-order valence-electron chi connectivity index (χ1n) is 2.66. The van der Waals surface area contributed by atoms with Crippen molar-refractivity contribution in [1.82, 2.24) is 0 Å². The second-order valence-corrected chi connectivity index (χ2v) is 2.35. The summed E-state index contributed by atoms with van der Waals surface area (Å²) in [4.78, 5) is 0. The molecule has 0 saturated heterocycles. The van der Waals surface area contributed by atoms with E-state index in [2.05, 4.69) is 0 Å². The fourth-order valence-corrected chi connectivity index (χ4v) is 0.258. The Balaban J connectivity index is 4.61. The maximum Gasteiger partial charge on any atom is 0.402 e. The van der Waals surface area contributed by atoms with Crippen molar-refractivity contribution in [2.75, 3.05) is 6.67 Å². The van der Waals surface area contributed by atoms with Gasteiger partial charge in [0.25, 0.3) is 6.43 Å². The lowest BCUT2D eigenvalue weighted by Crippen LogP contribution is -2.43. The third kappa shape index (κ3) is 1.78. The Morgan fingerprint density at radius 3 is 1.55 bits per heavy atom. The van der Waals surface area contributed by atoms with Gasteiger partial charge in [-0.15, -0.1) is 0 Å². The average molecular weight is 180 g/mol. The molecule has 0 spiro atoms. The molecule has 0 radical (unpaired) electrons. The second-order valence-electron chi connectivity index (χ2n) is 2.35. The van der Waals surface area contributed by atoms with Gasteiger partial charge < -0.3 is 0 Å². The van der Waals surface area contributed by atoms with Crippen molar-refractivity contribution in [3.8, 4) is 0 Å². The normalized spacial score (nSPS) is 18.5. The van der Waals surface area contributed by atoms with Gasteiger partial charge in [0.05, 0.1) is 0 Å². The van der Waals surface area contributed by atoms with Gasteiger partial charge in [-0.25, -0.2) is 13.2 Å². The topological polar surface area (TPSA) is 0 Å². The van der Waals surface area contributed by atoms with Crippen LogP contribution in [0.15, 0.2) is 0 Å². The summed E-state index contributed by atoms with van der Waals surface area (Å²) in [6, 6.07) is 0. The number of hydrogen-bond acceptors (Lipinski definition) is 0. The van der Waals surface area contributed by atoms with Crippen LogP contribution in [-0.2, 0) is 0 Å². The number of alkyl halides is 6. The number of rotatable bonds is 2. The minimum atomic E-state index is -5.20. The molecule has 0 aliphatic carbocycles. The van der Waals surface area contributed by atoms with Crippen LogP contribution < -0.4 is 0 Å². The Morgan fingerprint density at radius 1 is 1.18 bits per heavy atom. The van der Waals surface area contributed by atoms with Crippen LogP contribution in [0.1, 0.15) is 6.92 Å². The monoisotopic (exact) mass is 180 g/mol. The Morgan fingerprint density at radius 2 is 1.55 bits per heavy atom. The minimum absolute atomic E-state index is 0.150. The Labute approximate surface area is 59.2 Å². The summed E-state index contributed by atoms with van der Waals surface area (Å²) in [6.07, 6.45) is -8.93. The van der Waals surface area contributed by atoms with E-state index in [0.717, 1.165) is 0 Å². The fraction of sp³-hybridized carbons (Fsp3) is 1.00. The molecular formula is C5H6F6. The van der Waals surface area contributed by atoms with E-state index in [1.165, 1.54) is 0 Å². The van der Waals surface area contributed by atoms with Crippen LogP contribution >= 0.6 is 0 Å².